The highest BCUT2D eigenvalue weighted by molar-refractivity contribution is 5.67. The predicted molar refractivity (Wildman–Crippen MR) is 84.4 cm³/mol. The fourth-order valence-electron chi connectivity index (χ4n) is 1.87. The van der Waals surface area contributed by atoms with Crippen LogP contribution in [0.5, 0.6) is 5.75 Å². The summed E-state index contributed by atoms with van der Waals surface area (Å²) in [4.78, 5) is 11.5. The molecule has 0 unspecified atom stereocenters. The molecule has 0 bridgehead atoms. The second-order valence-electron chi connectivity index (χ2n) is 6.18. The molecule has 0 aromatic heterocycles. The first-order chi connectivity index (χ1) is 10.4. The van der Waals surface area contributed by atoms with Gasteiger partial charge in [-0.2, -0.15) is 0 Å². The van der Waals surface area contributed by atoms with E-state index in [1.165, 1.54) is 0 Å². The fourth-order valence-corrected chi connectivity index (χ4v) is 1.87. The maximum Gasteiger partial charge on any atom is 0.407 e. The van der Waals surface area contributed by atoms with Gasteiger partial charge in [0.2, 0.25) is 0 Å². The third kappa shape index (κ3) is 5.81. The van der Waals surface area contributed by atoms with Gasteiger partial charge in [-0.3, -0.25) is 0 Å². The van der Waals surface area contributed by atoms with Crippen molar-refractivity contribution in [3.63, 3.8) is 0 Å². The van der Waals surface area contributed by atoms with E-state index >= 15 is 0 Å². The summed E-state index contributed by atoms with van der Waals surface area (Å²) in [6.07, 6.45) is -0.434. The summed E-state index contributed by atoms with van der Waals surface area (Å²) in [5.74, 6) is 0.760. The van der Waals surface area contributed by atoms with Crippen LogP contribution in [-0.4, -0.2) is 44.1 Å². The van der Waals surface area contributed by atoms with E-state index in [1.807, 2.05) is 45.0 Å². The average Bonchev–Trinajstić information content (AvgIpc) is 2.38. The molecule has 0 aliphatic carbocycles. The quantitative estimate of drug-likeness (QED) is 0.790. The van der Waals surface area contributed by atoms with Crippen molar-refractivity contribution < 1.29 is 19.0 Å². The number of amides is 1. The third-order valence-electron chi connectivity index (χ3n) is 2.88. The molecule has 1 aromatic carbocycles. The number of hydrogen-bond acceptors (Lipinski definition) is 5. The monoisotopic (exact) mass is 308 g/mol. The number of carbonyl (C=O) groups is 1. The molecule has 1 fully saturated rings. The van der Waals surface area contributed by atoms with E-state index in [9.17, 15) is 4.79 Å². The van der Waals surface area contributed by atoms with Crippen LogP contribution in [-0.2, 0) is 9.47 Å². The van der Waals surface area contributed by atoms with Gasteiger partial charge in [0.25, 0.3) is 0 Å². The van der Waals surface area contributed by atoms with Crippen LogP contribution in [0.25, 0.3) is 0 Å². The summed E-state index contributed by atoms with van der Waals surface area (Å²) >= 11 is 0. The van der Waals surface area contributed by atoms with Crippen LogP contribution in [0, 0.1) is 0 Å². The number of ether oxygens (including phenoxy) is 3. The first kappa shape index (κ1) is 16.4. The fraction of sp³-hybridized carbons (Fsp3) is 0.562. The van der Waals surface area contributed by atoms with Crippen LogP contribution in [0.2, 0.25) is 0 Å². The topological polar surface area (TPSA) is 68.8 Å². The lowest BCUT2D eigenvalue weighted by Crippen LogP contribution is -2.40. The molecule has 122 valence electrons. The standard InChI is InChI=1S/C16H24N2O4/c1-16(2,3)22-15(19)17-7-8-21-14-6-4-5-12(9-14)18-13-10-20-11-13/h4-6,9,13,18H,7-8,10-11H2,1-3H3,(H,17,19). The number of anilines is 1. The van der Waals surface area contributed by atoms with E-state index in [0.29, 0.717) is 19.2 Å². The number of nitrogens with one attached hydrogen (secondary N) is 2. The lowest BCUT2D eigenvalue weighted by atomic mass is 10.2. The molecule has 0 atom stereocenters. The smallest absolute Gasteiger partial charge is 0.407 e. The van der Waals surface area contributed by atoms with E-state index < -0.39 is 11.7 Å². The van der Waals surface area contributed by atoms with Gasteiger partial charge in [0, 0.05) is 11.8 Å². The largest absolute Gasteiger partial charge is 0.492 e. The van der Waals surface area contributed by atoms with Crippen LogP contribution in [0.15, 0.2) is 24.3 Å². The van der Waals surface area contributed by atoms with E-state index in [4.69, 9.17) is 14.2 Å². The molecule has 1 aliphatic rings. The van der Waals surface area contributed by atoms with Gasteiger partial charge in [-0.1, -0.05) is 6.07 Å². The maximum absolute atomic E-state index is 11.5. The maximum atomic E-state index is 11.5. The van der Waals surface area contributed by atoms with Gasteiger partial charge in [0.15, 0.2) is 0 Å². The van der Waals surface area contributed by atoms with Gasteiger partial charge in [0.1, 0.15) is 18.0 Å². The highest BCUT2D eigenvalue weighted by Gasteiger charge is 2.17. The Morgan fingerprint density at radius 1 is 1.36 bits per heavy atom. The zero-order valence-corrected chi connectivity index (χ0v) is 13.3. The molecule has 0 saturated carbocycles. The number of benzene rings is 1. The second kappa shape index (κ2) is 7.35. The lowest BCUT2D eigenvalue weighted by molar-refractivity contribution is 0.0211. The number of rotatable bonds is 6. The Hall–Kier alpha value is -1.95. The van der Waals surface area contributed by atoms with Crippen LogP contribution in [0.4, 0.5) is 10.5 Å². The van der Waals surface area contributed by atoms with Crippen molar-refractivity contribution in [2.45, 2.75) is 32.4 Å². The summed E-state index contributed by atoms with van der Waals surface area (Å²) in [5.41, 5.74) is 0.516. The van der Waals surface area contributed by atoms with Gasteiger partial charge >= 0.3 is 6.09 Å². The Bertz CT molecular complexity index is 495. The minimum atomic E-state index is -0.490. The van der Waals surface area contributed by atoms with Crippen molar-refractivity contribution >= 4 is 11.8 Å². The Morgan fingerprint density at radius 2 is 2.14 bits per heavy atom. The molecule has 1 amide bonds. The number of alkyl carbamates (subject to hydrolysis) is 1. The average molecular weight is 308 g/mol. The zero-order valence-electron chi connectivity index (χ0n) is 13.3. The molecule has 6 nitrogen and oxygen atoms in total. The normalized spacial score (nSPS) is 14.9. The van der Waals surface area contributed by atoms with Crippen LogP contribution < -0.4 is 15.4 Å². The molecule has 1 heterocycles. The highest BCUT2D eigenvalue weighted by atomic mass is 16.6. The molecular weight excluding hydrogens is 284 g/mol. The van der Waals surface area contributed by atoms with Crippen LogP contribution in [0.1, 0.15) is 20.8 Å². The summed E-state index contributed by atoms with van der Waals surface area (Å²) in [7, 11) is 0. The number of hydrogen-bond donors (Lipinski definition) is 2. The molecule has 2 rings (SSSR count). The van der Waals surface area contributed by atoms with Crippen molar-refractivity contribution in [1.82, 2.24) is 5.32 Å². The predicted octanol–water partition coefficient (Wildman–Crippen LogP) is 2.40. The molecule has 2 N–H and O–H groups in total. The van der Waals surface area contributed by atoms with Crippen molar-refractivity contribution in [3.8, 4) is 5.75 Å². The molecule has 0 radical (unpaired) electrons. The van der Waals surface area contributed by atoms with Gasteiger partial charge in [-0.15, -0.1) is 0 Å². The highest BCUT2D eigenvalue weighted by Crippen LogP contribution is 2.19. The van der Waals surface area contributed by atoms with E-state index in [2.05, 4.69) is 10.6 Å². The van der Waals surface area contributed by atoms with Gasteiger partial charge in [0.05, 0.1) is 25.8 Å². The van der Waals surface area contributed by atoms with Crippen molar-refractivity contribution in [2.75, 3.05) is 31.7 Å². The summed E-state index contributed by atoms with van der Waals surface area (Å²) < 4.78 is 15.9. The lowest BCUT2D eigenvalue weighted by Gasteiger charge is -2.27. The molecule has 1 saturated heterocycles. The summed E-state index contributed by atoms with van der Waals surface area (Å²) in [6, 6.07) is 8.12. The van der Waals surface area contributed by atoms with Crippen molar-refractivity contribution in [1.29, 1.82) is 0 Å². The Kier molecular flexibility index (Phi) is 5.49. The zero-order chi connectivity index (χ0) is 16.0. The summed E-state index contributed by atoms with van der Waals surface area (Å²) in [5, 5.41) is 6.01. The van der Waals surface area contributed by atoms with Crippen LogP contribution >= 0.6 is 0 Å². The van der Waals surface area contributed by atoms with Gasteiger partial charge < -0.3 is 24.8 Å². The molecule has 22 heavy (non-hydrogen) atoms. The molecular formula is C16H24N2O4. The van der Waals surface area contributed by atoms with E-state index in [0.717, 1.165) is 24.7 Å². The third-order valence-corrected chi connectivity index (χ3v) is 2.88. The summed E-state index contributed by atoms with van der Waals surface area (Å²) in [6.45, 7) is 7.74. The first-order valence-corrected chi connectivity index (χ1v) is 7.46. The molecule has 1 aromatic rings. The minimum absolute atomic E-state index is 0.379. The van der Waals surface area contributed by atoms with Crippen molar-refractivity contribution in [2.24, 2.45) is 0 Å². The Labute approximate surface area is 131 Å². The molecule has 6 heteroatoms. The van der Waals surface area contributed by atoms with Crippen LogP contribution in [0.3, 0.4) is 0 Å². The minimum Gasteiger partial charge on any atom is -0.492 e. The van der Waals surface area contributed by atoms with E-state index in [1.54, 1.807) is 0 Å². The Balaban J connectivity index is 1.68. The second-order valence-corrected chi connectivity index (χ2v) is 6.18. The first-order valence-electron chi connectivity index (χ1n) is 7.46. The molecule has 1 aliphatic heterocycles. The van der Waals surface area contributed by atoms with Gasteiger partial charge in [-0.05, 0) is 32.9 Å². The molecule has 0 spiro atoms. The number of carbonyl (C=O) groups excluding carboxylic acids is 1. The SMILES string of the molecule is CC(C)(C)OC(=O)NCCOc1cccc(NC2COC2)c1. The van der Waals surface area contributed by atoms with Crippen molar-refractivity contribution in [3.05, 3.63) is 24.3 Å². The van der Waals surface area contributed by atoms with E-state index in [-0.39, 0.29) is 0 Å². The Morgan fingerprint density at radius 3 is 2.77 bits per heavy atom. The van der Waals surface area contributed by atoms with Gasteiger partial charge in [-0.25, -0.2) is 4.79 Å².